The van der Waals surface area contributed by atoms with E-state index in [0.717, 1.165) is 23.6 Å². The van der Waals surface area contributed by atoms with Crippen LogP contribution in [0.3, 0.4) is 0 Å². The SMILES string of the molecule is CCCC1CCC(CCc2ccc3c(F)c(-c4ccc(OC(F)(F)F)cc4)ccc3c2)CC1. The number of fused-ring (bicyclic) bond motifs is 1. The fourth-order valence-corrected chi connectivity index (χ4v) is 5.14. The molecular formula is C28H30F4O. The van der Waals surface area contributed by atoms with Crippen molar-refractivity contribution in [2.45, 2.75) is 64.7 Å². The molecule has 1 aliphatic rings. The van der Waals surface area contributed by atoms with Crippen molar-refractivity contribution < 1.29 is 22.3 Å². The number of ether oxygens (including phenoxy) is 1. The lowest BCUT2D eigenvalue weighted by Gasteiger charge is -2.28. The summed E-state index contributed by atoms with van der Waals surface area (Å²) in [5.41, 5.74) is 2.09. The van der Waals surface area contributed by atoms with Crippen molar-refractivity contribution in [3.05, 3.63) is 66.0 Å². The Morgan fingerprint density at radius 2 is 1.52 bits per heavy atom. The third-order valence-corrected chi connectivity index (χ3v) is 6.92. The number of rotatable bonds is 7. The number of alkyl halides is 3. The molecule has 0 aliphatic heterocycles. The Morgan fingerprint density at radius 1 is 0.848 bits per heavy atom. The van der Waals surface area contributed by atoms with Crippen molar-refractivity contribution in [3.63, 3.8) is 0 Å². The Bertz CT molecular complexity index is 1060. The number of hydrogen-bond acceptors (Lipinski definition) is 1. The molecule has 4 rings (SSSR count). The third kappa shape index (κ3) is 6.07. The van der Waals surface area contributed by atoms with Gasteiger partial charge in [-0.25, -0.2) is 4.39 Å². The van der Waals surface area contributed by atoms with E-state index >= 15 is 4.39 Å². The zero-order chi connectivity index (χ0) is 23.4. The van der Waals surface area contributed by atoms with Crippen LogP contribution in [0, 0.1) is 17.7 Å². The van der Waals surface area contributed by atoms with Crippen LogP contribution in [-0.4, -0.2) is 6.36 Å². The smallest absolute Gasteiger partial charge is 0.406 e. The first-order chi connectivity index (χ1) is 15.8. The Balaban J connectivity index is 1.43. The van der Waals surface area contributed by atoms with Gasteiger partial charge in [-0.15, -0.1) is 13.2 Å². The molecule has 1 aliphatic carbocycles. The molecule has 33 heavy (non-hydrogen) atoms. The van der Waals surface area contributed by atoms with Crippen molar-refractivity contribution in [2.75, 3.05) is 0 Å². The van der Waals surface area contributed by atoms with Gasteiger partial charge in [-0.2, -0.15) is 0 Å². The lowest BCUT2D eigenvalue weighted by atomic mass is 9.78. The average molecular weight is 459 g/mol. The topological polar surface area (TPSA) is 9.23 Å². The molecule has 1 nitrogen and oxygen atoms in total. The van der Waals surface area contributed by atoms with E-state index in [0.29, 0.717) is 16.5 Å². The van der Waals surface area contributed by atoms with Crippen molar-refractivity contribution in [1.82, 2.24) is 0 Å². The zero-order valence-electron chi connectivity index (χ0n) is 18.9. The fraction of sp³-hybridized carbons (Fsp3) is 0.429. The normalized spacial score (nSPS) is 19.1. The van der Waals surface area contributed by atoms with Gasteiger partial charge >= 0.3 is 6.36 Å². The van der Waals surface area contributed by atoms with Gasteiger partial charge in [0.15, 0.2) is 0 Å². The summed E-state index contributed by atoms with van der Waals surface area (Å²) >= 11 is 0. The van der Waals surface area contributed by atoms with E-state index in [4.69, 9.17) is 0 Å². The average Bonchev–Trinajstić information content (AvgIpc) is 2.79. The van der Waals surface area contributed by atoms with E-state index in [1.54, 1.807) is 6.07 Å². The molecule has 0 amide bonds. The highest BCUT2D eigenvalue weighted by Gasteiger charge is 2.31. The minimum Gasteiger partial charge on any atom is -0.406 e. The molecule has 3 aromatic rings. The maximum atomic E-state index is 15.2. The van der Waals surface area contributed by atoms with Crippen LogP contribution in [0.25, 0.3) is 21.9 Å². The molecular weight excluding hydrogens is 428 g/mol. The maximum Gasteiger partial charge on any atom is 0.573 e. The molecule has 3 aromatic carbocycles. The van der Waals surface area contributed by atoms with Crippen LogP contribution in [-0.2, 0) is 6.42 Å². The summed E-state index contributed by atoms with van der Waals surface area (Å²) in [7, 11) is 0. The van der Waals surface area contributed by atoms with E-state index in [9.17, 15) is 13.2 Å². The van der Waals surface area contributed by atoms with Crippen LogP contribution >= 0.6 is 0 Å². The minimum atomic E-state index is -4.75. The molecule has 1 fully saturated rings. The van der Waals surface area contributed by atoms with Gasteiger partial charge in [-0.3, -0.25) is 0 Å². The molecule has 0 radical (unpaired) electrons. The Hall–Kier alpha value is -2.56. The molecule has 0 bridgehead atoms. The van der Waals surface area contributed by atoms with Gasteiger partial charge in [-0.1, -0.05) is 87.9 Å². The molecule has 0 saturated heterocycles. The second kappa shape index (κ2) is 10.1. The highest BCUT2D eigenvalue weighted by Crippen LogP contribution is 2.35. The van der Waals surface area contributed by atoms with E-state index in [-0.39, 0.29) is 11.6 Å². The summed E-state index contributed by atoms with van der Waals surface area (Å²) in [6.07, 6.45) is 5.42. The number of halogens is 4. The van der Waals surface area contributed by atoms with Crippen LogP contribution in [0.15, 0.2) is 54.6 Å². The highest BCUT2D eigenvalue weighted by molar-refractivity contribution is 5.88. The Morgan fingerprint density at radius 3 is 2.15 bits per heavy atom. The van der Waals surface area contributed by atoms with Crippen molar-refractivity contribution in [3.8, 4) is 16.9 Å². The number of hydrogen-bond donors (Lipinski definition) is 0. The number of benzene rings is 3. The largest absolute Gasteiger partial charge is 0.573 e. The second-order valence-electron chi connectivity index (χ2n) is 9.27. The maximum absolute atomic E-state index is 15.2. The molecule has 176 valence electrons. The molecule has 0 aromatic heterocycles. The van der Waals surface area contributed by atoms with Gasteiger partial charge in [0, 0.05) is 10.9 Å². The first-order valence-corrected chi connectivity index (χ1v) is 11.9. The summed E-state index contributed by atoms with van der Waals surface area (Å²) in [5.74, 6) is 1.02. The molecule has 5 heteroatoms. The lowest BCUT2D eigenvalue weighted by Crippen LogP contribution is -2.16. The van der Waals surface area contributed by atoms with Gasteiger partial charge < -0.3 is 4.74 Å². The van der Waals surface area contributed by atoms with Crippen LogP contribution in [0.4, 0.5) is 17.6 Å². The summed E-state index contributed by atoms with van der Waals surface area (Å²) in [5, 5.41) is 1.37. The van der Waals surface area contributed by atoms with Gasteiger partial charge in [0.1, 0.15) is 11.6 Å². The predicted molar refractivity (Wildman–Crippen MR) is 125 cm³/mol. The van der Waals surface area contributed by atoms with E-state index in [1.807, 2.05) is 18.2 Å². The first kappa shape index (κ1) is 23.6. The van der Waals surface area contributed by atoms with Crippen molar-refractivity contribution in [2.24, 2.45) is 11.8 Å². The van der Waals surface area contributed by atoms with E-state index in [1.165, 1.54) is 74.8 Å². The quantitative estimate of drug-likeness (QED) is 0.321. The molecule has 0 atom stereocenters. The molecule has 0 heterocycles. The summed E-state index contributed by atoms with van der Waals surface area (Å²) < 4.78 is 56.2. The molecule has 0 spiro atoms. The molecule has 1 saturated carbocycles. The molecule has 0 N–H and O–H groups in total. The van der Waals surface area contributed by atoms with Crippen LogP contribution in [0.2, 0.25) is 0 Å². The molecule has 0 unspecified atom stereocenters. The van der Waals surface area contributed by atoms with E-state index in [2.05, 4.69) is 17.7 Å². The summed E-state index contributed by atoms with van der Waals surface area (Å²) in [6, 6.07) is 14.7. The standard InChI is InChI=1S/C28H30F4O/c1-2-3-19-4-6-20(7-5-19)8-9-21-10-16-26-23(18-21)13-17-25(27(26)29)22-11-14-24(15-12-22)33-28(30,31)32/h10-20H,2-9H2,1H3. The zero-order valence-corrected chi connectivity index (χ0v) is 18.9. The van der Waals surface area contributed by atoms with E-state index < -0.39 is 6.36 Å². The lowest BCUT2D eigenvalue weighted by molar-refractivity contribution is -0.274. The summed E-state index contributed by atoms with van der Waals surface area (Å²) in [6.45, 7) is 2.26. The van der Waals surface area contributed by atoms with Crippen LogP contribution in [0.5, 0.6) is 5.75 Å². The Labute approximate surface area is 192 Å². The second-order valence-corrected chi connectivity index (χ2v) is 9.27. The first-order valence-electron chi connectivity index (χ1n) is 11.9. The third-order valence-electron chi connectivity index (χ3n) is 6.92. The van der Waals surface area contributed by atoms with Crippen LogP contribution < -0.4 is 4.74 Å². The van der Waals surface area contributed by atoms with Gasteiger partial charge in [0.2, 0.25) is 0 Å². The van der Waals surface area contributed by atoms with Gasteiger partial charge in [-0.05, 0) is 53.3 Å². The Kier molecular flexibility index (Phi) is 7.26. The van der Waals surface area contributed by atoms with Crippen LogP contribution in [0.1, 0.15) is 57.4 Å². The van der Waals surface area contributed by atoms with Crippen molar-refractivity contribution >= 4 is 10.8 Å². The monoisotopic (exact) mass is 458 g/mol. The predicted octanol–water partition coefficient (Wildman–Crippen LogP) is 9.08. The number of aryl methyl sites for hydroxylation is 1. The summed E-state index contributed by atoms with van der Waals surface area (Å²) in [4.78, 5) is 0. The van der Waals surface area contributed by atoms with Crippen molar-refractivity contribution in [1.29, 1.82) is 0 Å². The highest BCUT2D eigenvalue weighted by atomic mass is 19.4. The van der Waals surface area contributed by atoms with Gasteiger partial charge in [0.25, 0.3) is 0 Å². The minimum absolute atomic E-state index is 0.323. The fourth-order valence-electron chi connectivity index (χ4n) is 5.14. The van der Waals surface area contributed by atoms with Gasteiger partial charge in [0.05, 0.1) is 0 Å².